The molecule has 2 fully saturated rings. The first kappa shape index (κ1) is 12.6. The second-order valence-corrected chi connectivity index (χ2v) is 5.98. The molecule has 1 aliphatic heterocycles. The number of hydrogen-bond donors (Lipinski definition) is 5. The highest BCUT2D eigenvalue weighted by atomic mass is 32.2. The minimum atomic E-state index is -0.835. The van der Waals surface area contributed by atoms with E-state index < -0.39 is 6.23 Å². The van der Waals surface area contributed by atoms with Crippen LogP contribution in [0.3, 0.4) is 0 Å². The van der Waals surface area contributed by atoms with Crippen LogP contribution >= 0.6 is 11.9 Å². The van der Waals surface area contributed by atoms with E-state index in [1.165, 1.54) is 11.9 Å². The van der Waals surface area contributed by atoms with Gasteiger partial charge in [0.1, 0.15) is 6.23 Å². The van der Waals surface area contributed by atoms with Gasteiger partial charge in [0.2, 0.25) is 0 Å². The third-order valence-electron chi connectivity index (χ3n) is 3.85. The quantitative estimate of drug-likeness (QED) is 0.325. The average molecular weight is 246 g/mol. The third-order valence-corrected chi connectivity index (χ3v) is 4.85. The maximum atomic E-state index is 9.60. The van der Waals surface area contributed by atoms with E-state index >= 15 is 0 Å². The van der Waals surface area contributed by atoms with Crippen LogP contribution < -0.4 is 21.9 Å². The van der Waals surface area contributed by atoms with Gasteiger partial charge >= 0.3 is 0 Å². The fraction of sp³-hybridized carbons (Fsp3) is 1.00. The molecule has 4 atom stereocenters. The highest BCUT2D eigenvalue weighted by Gasteiger charge is 2.42. The van der Waals surface area contributed by atoms with Gasteiger partial charge in [0.15, 0.2) is 0 Å². The Morgan fingerprint density at radius 1 is 1.19 bits per heavy atom. The largest absolute Gasteiger partial charge is 0.378 e. The van der Waals surface area contributed by atoms with Gasteiger partial charge < -0.3 is 22.3 Å². The maximum absolute atomic E-state index is 9.60. The molecule has 0 aromatic rings. The second kappa shape index (κ2) is 5.20. The summed E-state index contributed by atoms with van der Waals surface area (Å²) in [6, 6.07) is 0.577. The van der Waals surface area contributed by atoms with Crippen LogP contribution in [0.2, 0.25) is 0 Å². The molecule has 6 heteroatoms. The van der Waals surface area contributed by atoms with Crippen molar-refractivity contribution in [1.29, 1.82) is 0 Å². The van der Waals surface area contributed by atoms with Gasteiger partial charge in [-0.25, -0.2) is 0 Å². The minimum Gasteiger partial charge on any atom is -0.378 e. The van der Waals surface area contributed by atoms with Crippen molar-refractivity contribution in [2.75, 3.05) is 0 Å². The molecule has 2 rings (SSSR count). The van der Waals surface area contributed by atoms with Crippen molar-refractivity contribution in [2.45, 2.75) is 49.4 Å². The molecule has 16 heavy (non-hydrogen) atoms. The number of aliphatic hydroxyl groups is 1. The summed E-state index contributed by atoms with van der Waals surface area (Å²) in [4.78, 5) is 0. The summed E-state index contributed by atoms with van der Waals surface area (Å²) in [5, 5.41) is 9.48. The van der Waals surface area contributed by atoms with Crippen LogP contribution in [0.1, 0.15) is 25.7 Å². The fourth-order valence-electron chi connectivity index (χ4n) is 2.84. The monoisotopic (exact) mass is 246 g/mol. The van der Waals surface area contributed by atoms with Gasteiger partial charge in [-0.2, -0.15) is 0 Å². The Hall–Kier alpha value is 0.150. The van der Waals surface area contributed by atoms with Gasteiger partial charge in [-0.3, -0.25) is 4.72 Å². The molecule has 3 unspecified atom stereocenters. The number of rotatable bonds is 2. The molecule has 2 aliphatic rings. The summed E-state index contributed by atoms with van der Waals surface area (Å²) in [6.45, 7) is 0. The molecular formula is C10H22N4OS. The molecule has 0 aromatic carbocycles. The molecule has 0 aromatic heterocycles. The highest BCUT2D eigenvalue weighted by Crippen LogP contribution is 2.37. The van der Waals surface area contributed by atoms with E-state index in [0.29, 0.717) is 12.0 Å². The molecule has 0 radical (unpaired) electrons. The van der Waals surface area contributed by atoms with E-state index in [-0.39, 0.29) is 17.3 Å². The molecule has 0 amide bonds. The van der Waals surface area contributed by atoms with Crippen molar-refractivity contribution in [3.8, 4) is 0 Å². The molecule has 8 N–H and O–H groups in total. The molecule has 5 nitrogen and oxygen atoms in total. The normalized spacial score (nSPS) is 46.9. The van der Waals surface area contributed by atoms with Crippen LogP contribution in [0.15, 0.2) is 0 Å². The Labute approximate surface area is 101 Å². The second-order valence-electron chi connectivity index (χ2n) is 4.97. The molecule has 1 aliphatic carbocycles. The number of nitrogens with one attached hydrogen (secondary N) is 1. The van der Waals surface area contributed by atoms with Gasteiger partial charge in [-0.15, -0.1) is 0 Å². The van der Waals surface area contributed by atoms with Crippen molar-refractivity contribution in [1.82, 2.24) is 4.72 Å². The minimum absolute atomic E-state index is 0.0516. The van der Waals surface area contributed by atoms with Crippen LogP contribution in [-0.4, -0.2) is 28.8 Å². The summed E-state index contributed by atoms with van der Waals surface area (Å²) in [5.41, 5.74) is 17.4. The Morgan fingerprint density at radius 3 is 2.38 bits per heavy atom. The molecule has 1 saturated heterocycles. The molecule has 1 saturated carbocycles. The van der Waals surface area contributed by atoms with Crippen molar-refractivity contribution >= 4 is 11.9 Å². The molecule has 94 valence electrons. The molecule has 1 heterocycles. The number of nitrogens with two attached hydrogens (primary N) is 3. The zero-order valence-corrected chi connectivity index (χ0v) is 10.2. The van der Waals surface area contributed by atoms with Gasteiger partial charge in [0.05, 0.1) is 5.37 Å². The zero-order valence-electron chi connectivity index (χ0n) is 9.38. The smallest absolute Gasteiger partial charge is 0.109 e. The predicted molar refractivity (Wildman–Crippen MR) is 66.1 cm³/mol. The summed E-state index contributed by atoms with van der Waals surface area (Å²) >= 11 is 1.49. The van der Waals surface area contributed by atoms with Gasteiger partial charge in [0, 0.05) is 18.0 Å². The van der Waals surface area contributed by atoms with Crippen LogP contribution in [0.4, 0.5) is 0 Å². The average Bonchev–Trinajstić information content (AvgIpc) is 2.61. The summed E-state index contributed by atoms with van der Waals surface area (Å²) in [5.74, 6) is 0.494. The number of hydrogen-bond acceptors (Lipinski definition) is 6. The van der Waals surface area contributed by atoms with Gasteiger partial charge in [-0.1, -0.05) is 11.9 Å². The first-order valence-electron chi connectivity index (χ1n) is 5.95. The Bertz CT molecular complexity index is 233. The SMILES string of the molecule is NC1CCC(C2NSC(N)[C@@H]2C(N)O)CC1. The van der Waals surface area contributed by atoms with E-state index in [0.717, 1.165) is 25.7 Å². The van der Waals surface area contributed by atoms with E-state index in [2.05, 4.69) is 4.72 Å². The fourth-order valence-corrected chi connectivity index (χ4v) is 3.99. The molecule has 0 spiro atoms. The third kappa shape index (κ3) is 2.52. The van der Waals surface area contributed by atoms with E-state index in [9.17, 15) is 5.11 Å². The van der Waals surface area contributed by atoms with Crippen LogP contribution in [0.25, 0.3) is 0 Å². The van der Waals surface area contributed by atoms with Crippen LogP contribution in [0, 0.1) is 11.8 Å². The Kier molecular flexibility index (Phi) is 4.10. The Morgan fingerprint density at radius 2 is 1.81 bits per heavy atom. The first-order chi connectivity index (χ1) is 7.59. The lowest BCUT2D eigenvalue weighted by Crippen LogP contribution is -2.48. The van der Waals surface area contributed by atoms with E-state index in [1.807, 2.05) is 0 Å². The van der Waals surface area contributed by atoms with Crippen LogP contribution in [-0.2, 0) is 0 Å². The summed E-state index contributed by atoms with van der Waals surface area (Å²) < 4.78 is 3.33. The van der Waals surface area contributed by atoms with Crippen molar-refractivity contribution in [2.24, 2.45) is 29.0 Å². The first-order valence-corrected chi connectivity index (χ1v) is 6.83. The standard InChI is InChI=1S/C10H22N4OS/c11-6-3-1-5(2-4-6)8-7(9(12)15)10(13)16-14-8/h5-10,14-15H,1-4,11-13H2/t5?,6?,7-,8?,9?,10?/m0/s1. The predicted octanol–water partition coefficient (Wildman–Crippen LogP) is -0.698. The maximum Gasteiger partial charge on any atom is 0.109 e. The van der Waals surface area contributed by atoms with Crippen LogP contribution in [0.5, 0.6) is 0 Å². The topological polar surface area (TPSA) is 110 Å². The van der Waals surface area contributed by atoms with Gasteiger partial charge in [0.25, 0.3) is 0 Å². The van der Waals surface area contributed by atoms with Crippen molar-refractivity contribution in [3.05, 3.63) is 0 Å². The molecule has 0 bridgehead atoms. The van der Waals surface area contributed by atoms with Gasteiger partial charge in [-0.05, 0) is 31.6 Å². The van der Waals surface area contributed by atoms with Crippen molar-refractivity contribution < 1.29 is 5.11 Å². The summed E-state index contributed by atoms with van der Waals surface area (Å²) in [7, 11) is 0. The molecular weight excluding hydrogens is 224 g/mol. The zero-order chi connectivity index (χ0) is 11.7. The lowest BCUT2D eigenvalue weighted by Gasteiger charge is -2.34. The Balaban J connectivity index is 1.98. The summed E-state index contributed by atoms with van der Waals surface area (Å²) in [6.07, 6.45) is 3.51. The number of aliphatic hydroxyl groups excluding tert-OH is 1. The lowest BCUT2D eigenvalue weighted by atomic mass is 9.77. The van der Waals surface area contributed by atoms with Crippen molar-refractivity contribution in [3.63, 3.8) is 0 Å². The van der Waals surface area contributed by atoms with E-state index in [1.54, 1.807) is 0 Å². The van der Waals surface area contributed by atoms with E-state index in [4.69, 9.17) is 17.2 Å². The lowest BCUT2D eigenvalue weighted by molar-refractivity contribution is 0.0778. The highest BCUT2D eigenvalue weighted by molar-refractivity contribution is 7.98.